The van der Waals surface area contributed by atoms with Crippen molar-refractivity contribution >= 4 is 5.84 Å². The molecule has 6 nitrogen and oxygen atoms in total. The van der Waals surface area contributed by atoms with Gasteiger partial charge in [0.25, 0.3) is 0 Å². The minimum Gasteiger partial charge on any atom is -0.437 e. The Bertz CT molecular complexity index is 567. The van der Waals surface area contributed by atoms with Crippen molar-refractivity contribution < 1.29 is 9.94 Å². The maximum Gasteiger partial charge on any atom is 0.219 e. The highest BCUT2D eigenvalue weighted by molar-refractivity contribution is 5.96. The van der Waals surface area contributed by atoms with Crippen LogP contribution in [0, 0.1) is 6.92 Å². The summed E-state index contributed by atoms with van der Waals surface area (Å²) in [6, 6.07) is 6.89. The lowest BCUT2D eigenvalue weighted by atomic mass is 10.3. The van der Waals surface area contributed by atoms with Crippen molar-refractivity contribution in [3.05, 3.63) is 47.9 Å². The first-order valence-corrected chi connectivity index (χ1v) is 5.24. The van der Waals surface area contributed by atoms with Crippen LogP contribution in [0.3, 0.4) is 0 Å². The number of hydrogen-bond donors (Lipinski definition) is 2. The standard InChI is InChI=1S/C12H12N4O2/c1-8-10(3-2-6-14-8)18-11-5-4-9(7-15-11)12(13)16-17/h2-7,17H,1H3,(H2,13,16). The summed E-state index contributed by atoms with van der Waals surface area (Å²) in [7, 11) is 0. The largest absolute Gasteiger partial charge is 0.437 e. The number of aromatic nitrogens is 2. The molecular weight excluding hydrogens is 232 g/mol. The van der Waals surface area contributed by atoms with Crippen LogP contribution in [0.1, 0.15) is 11.3 Å². The van der Waals surface area contributed by atoms with E-state index in [4.69, 9.17) is 15.7 Å². The van der Waals surface area contributed by atoms with Crippen molar-refractivity contribution in [1.82, 2.24) is 9.97 Å². The van der Waals surface area contributed by atoms with Gasteiger partial charge in [-0.25, -0.2) is 4.98 Å². The van der Waals surface area contributed by atoms with E-state index in [2.05, 4.69) is 15.1 Å². The molecule has 0 saturated heterocycles. The second-order valence-electron chi connectivity index (χ2n) is 3.56. The third-order valence-electron chi connectivity index (χ3n) is 2.31. The number of rotatable bonds is 3. The van der Waals surface area contributed by atoms with Gasteiger partial charge in [0, 0.05) is 24.0 Å². The molecule has 2 aromatic heterocycles. The van der Waals surface area contributed by atoms with Crippen LogP contribution in [0.2, 0.25) is 0 Å². The van der Waals surface area contributed by atoms with Gasteiger partial charge in [-0.15, -0.1) is 0 Å². The van der Waals surface area contributed by atoms with Gasteiger partial charge in [-0.2, -0.15) is 0 Å². The lowest BCUT2D eigenvalue weighted by molar-refractivity contribution is 0.318. The Labute approximate surface area is 104 Å². The molecule has 3 N–H and O–H groups in total. The van der Waals surface area contributed by atoms with Crippen molar-refractivity contribution in [3.8, 4) is 11.6 Å². The number of pyridine rings is 2. The Morgan fingerprint density at radius 3 is 2.78 bits per heavy atom. The first kappa shape index (κ1) is 11.8. The molecular formula is C12H12N4O2. The van der Waals surface area contributed by atoms with E-state index in [9.17, 15) is 0 Å². The van der Waals surface area contributed by atoms with Gasteiger partial charge in [0.2, 0.25) is 5.88 Å². The average molecular weight is 244 g/mol. The summed E-state index contributed by atoms with van der Waals surface area (Å²) in [5.74, 6) is 1.06. The second-order valence-corrected chi connectivity index (χ2v) is 3.56. The summed E-state index contributed by atoms with van der Waals surface area (Å²) in [6.07, 6.45) is 3.16. The molecule has 0 amide bonds. The Morgan fingerprint density at radius 1 is 1.33 bits per heavy atom. The number of nitrogens with zero attached hydrogens (tertiary/aromatic N) is 3. The summed E-state index contributed by atoms with van der Waals surface area (Å²) in [5.41, 5.74) is 6.73. The van der Waals surface area contributed by atoms with Crippen LogP contribution in [0.15, 0.2) is 41.8 Å². The van der Waals surface area contributed by atoms with Crippen molar-refractivity contribution in [1.29, 1.82) is 0 Å². The summed E-state index contributed by atoms with van der Waals surface area (Å²) >= 11 is 0. The minimum atomic E-state index is 0.00612. The van der Waals surface area contributed by atoms with Gasteiger partial charge in [0.05, 0.1) is 5.69 Å². The van der Waals surface area contributed by atoms with Crippen molar-refractivity contribution in [2.75, 3.05) is 0 Å². The van der Waals surface area contributed by atoms with E-state index in [0.29, 0.717) is 17.2 Å². The third kappa shape index (κ3) is 2.54. The van der Waals surface area contributed by atoms with Crippen LogP contribution in [-0.2, 0) is 0 Å². The maximum atomic E-state index is 8.52. The molecule has 0 fully saturated rings. The first-order chi connectivity index (χ1) is 8.70. The quantitative estimate of drug-likeness (QED) is 0.371. The molecule has 6 heteroatoms. The molecule has 0 aliphatic rings. The number of aryl methyl sites for hydroxylation is 1. The predicted octanol–water partition coefficient (Wildman–Crippen LogP) is 1.67. The van der Waals surface area contributed by atoms with Crippen molar-refractivity contribution in [2.24, 2.45) is 10.9 Å². The van der Waals surface area contributed by atoms with Crippen LogP contribution in [-0.4, -0.2) is 21.0 Å². The molecule has 0 bridgehead atoms. The van der Waals surface area contributed by atoms with Gasteiger partial charge in [-0.05, 0) is 25.1 Å². The zero-order chi connectivity index (χ0) is 13.0. The Morgan fingerprint density at radius 2 is 2.17 bits per heavy atom. The number of oxime groups is 1. The molecule has 2 aromatic rings. The van der Waals surface area contributed by atoms with Crippen molar-refractivity contribution in [2.45, 2.75) is 6.92 Å². The molecule has 18 heavy (non-hydrogen) atoms. The van der Waals surface area contributed by atoms with Gasteiger partial charge < -0.3 is 15.7 Å². The molecule has 2 rings (SSSR count). The Kier molecular flexibility index (Phi) is 3.38. The Hall–Kier alpha value is -2.63. The fraction of sp³-hybridized carbons (Fsp3) is 0.0833. The summed E-state index contributed by atoms with van der Waals surface area (Å²) in [5, 5.41) is 11.4. The monoisotopic (exact) mass is 244 g/mol. The summed E-state index contributed by atoms with van der Waals surface area (Å²) in [6.45, 7) is 1.85. The SMILES string of the molecule is Cc1ncccc1Oc1ccc(/C(N)=N/O)cn1. The third-order valence-corrected chi connectivity index (χ3v) is 2.31. The smallest absolute Gasteiger partial charge is 0.219 e. The zero-order valence-electron chi connectivity index (χ0n) is 9.74. The van der Waals surface area contributed by atoms with Crippen LogP contribution in [0.4, 0.5) is 0 Å². The molecule has 0 aliphatic heterocycles. The van der Waals surface area contributed by atoms with E-state index in [-0.39, 0.29) is 5.84 Å². The number of amidine groups is 1. The average Bonchev–Trinajstić information content (AvgIpc) is 2.41. The molecule has 2 heterocycles. The van der Waals surface area contributed by atoms with E-state index in [0.717, 1.165) is 5.69 Å². The molecule has 0 aliphatic carbocycles. The fourth-order valence-electron chi connectivity index (χ4n) is 1.34. The van der Waals surface area contributed by atoms with Crippen LogP contribution >= 0.6 is 0 Å². The van der Waals surface area contributed by atoms with E-state index in [1.165, 1.54) is 6.20 Å². The molecule has 0 unspecified atom stereocenters. The zero-order valence-corrected chi connectivity index (χ0v) is 9.74. The van der Waals surface area contributed by atoms with E-state index in [1.54, 1.807) is 24.4 Å². The highest BCUT2D eigenvalue weighted by Crippen LogP contribution is 2.21. The highest BCUT2D eigenvalue weighted by Gasteiger charge is 2.04. The van der Waals surface area contributed by atoms with Crippen molar-refractivity contribution in [3.63, 3.8) is 0 Å². The molecule has 0 aromatic carbocycles. The molecule has 0 atom stereocenters. The summed E-state index contributed by atoms with van der Waals surface area (Å²) in [4.78, 5) is 8.17. The van der Waals surface area contributed by atoms with Gasteiger partial charge in [-0.1, -0.05) is 5.16 Å². The predicted molar refractivity (Wildman–Crippen MR) is 65.8 cm³/mol. The van der Waals surface area contributed by atoms with E-state index >= 15 is 0 Å². The van der Waals surface area contributed by atoms with Crippen LogP contribution in [0.25, 0.3) is 0 Å². The lowest BCUT2D eigenvalue weighted by Crippen LogP contribution is -2.13. The highest BCUT2D eigenvalue weighted by atomic mass is 16.5. The number of nitrogens with two attached hydrogens (primary N) is 1. The number of ether oxygens (including phenoxy) is 1. The maximum absolute atomic E-state index is 8.52. The molecule has 0 spiro atoms. The van der Waals surface area contributed by atoms with Gasteiger partial charge in [0.1, 0.15) is 0 Å². The van der Waals surface area contributed by atoms with Gasteiger partial charge in [-0.3, -0.25) is 4.98 Å². The fourth-order valence-corrected chi connectivity index (χ4v) is 1.34. The minimum absolute atomic E-state index is 0.00612. The molecule has 0 saturated carbocycles. The molecule has 92 valence electrons. The lowest BCUT2D eigenvalue weighted by Gasteiger charge is -2.06. The Balaban J connectivity index is 2.19. The first-order valence-electron chi connectivity index (χ1n) is 5.24. The summed E-state index contributed by atoms with van der Waals surface area (Å²) < 4.78 is 5.56. The second kappa shape index (κ2) is 5.13. The normalized spacial score (nSPS) is 11.3. The van der Waals surface area contributed by atoms with E-state index in [1.807, 2.05) is 13.0 Å². The number of hydrogen-bond acceptors (Lipinski definition) is 5. The van der Waals surface area contributed by atoms with Crippen LogP contribution < -0.4 is 10.5 Å². The van der Waals surface area contributed by atoms with Gasteiger partial charge >= 0.3 is 0 Å². The van der Waals surface area contributed by atoms with E-state index < -0.39 is 0 Å². The topological polar surface area (TPSA) is 93.6 Å². The van der Waals surface area contributed by atoms with Gasteiger partial charge in [0.15, 0.2) is 11.6 Å². The molecule has 0 radical (unpaired) electrons. The van der Waals surface area contributed by atoms with Crippen LogP contribution in [0.5, 0.6) is 11.6 Å².